The minimum atomic E-state index is -1.03. The average Bonchev–Trinajstić information content (AvgIpc) is 2.98. The summed E-state index contributed by atoms with van der Waals surface area (Å²) in [5.41, 5.74) is 1.47. The Kier molecular flexibility index (Phi) is 4.44. The number of aromatic nitrogens is 1. The van der Waals surface area contributed by atoms with E-state index in [4.69, 9.17) is 14.5 Å². The molecule has 2 aromatic rings. The van der Waals surface area contributed by atoms with Gasteiger partial charge in [-0.1, -0.05) is 25.6 Å². The molecule has 1 atom stereocenters. The van der Waals surface area contributed by atoms with Crippen molar-refractivity contribution in [2.75, 3.05) is 20.0 Å². The maximum Gasteiger partial charge on any atom is 0.169 e. The van der Waals surface area contributed by atoms with Crippen LogP contribution in [0.3, 0.4) is 0 Å². The zero-order chi connectivity index (χ0) is 17.5. The molecule has 6 heteroatoms. The van der Waals surface area contributed by atoms with Crippen LogP contribution in [0.25, 0.3) is 10.9 Å². The predicted molar refractivity (Wildman–Crippen MR) is 98.4 cm³/mol. The molecule has 1 aliphatic heterocycles. The molecule has 0 radical (unpaired) electrons. The first-order valence-corrected chi connectivity index (χ1v) is 8.86. The molecular weight excluding hydrogens is 324 g/mol. The number of pyridine rings is 1. The quantitative estimate of drug-likeness (QED) is 0.919. The van der Waals surface area contributed by atoms with Crippen LogP contribution in [-0.4, -0.2) is 40.8 Å². The molecule has 1 N–H and O–H groups in total. The molecule has 0 fully saturated rings. The van der Waals surface area contributed by atoms with Crippen molar-refractivity contribution in [1.82, 2.24) is 4.98 Å². The summed E-state index contributed by atoms with van der Waals surface area (Å²) in [6.07, 6.45) is 0. The van der Waals surface area contributed by atoms with Gasteiger partial charge in [0.2, 0.25) is 0 Å². The first-order chi connectivity index (χ1) is 11.4. The Balaban J connectivity index is 2.18. The van der Waals surface area contributed by atoms with E-state index in [1.807, 2.05) is 39.0 Å². The number of nitrogens with zero attached hydrogens (tertiary/aromatic N) is 2. The van der Waals surface area contributed by atoms with Crippen molar-refractivity contribution in [1.29, 1.82) is 0 Å². The van der Waals surface area contributed by atoms with Crippen molar-refractivity contribution in [3.05, 3.63) is 29.5 Å². The van der Waals surface area contributed by atoms with Crippen molar-refractivity contribution >= 4 is 27.7 Å². The Hall–Kier alpha value is -1.79. The normalized spacial score (nSPS) is 20.5. The molecule has 0 bridgehead atoms. The summed E-state index contributed by atoms with van der Waals surface area (Å²) >= 11 is 1.52. The summed E-state index contributed by atoms with van der Waals surface area (Å²) in [4.78, 5) is 9.31. The second kappa shape index (κ2) is 6.26. The molecule has 1 aromatic carbocycles. The highest BCUT2D eigenvalue weighted by Gasteiger charge is 2.37. The summed E-state index contributed by atoms with van der Waals surface area (Å²) in [6, 6.07) is 5.75. The third-order valence-electron chi connectivity index (χ3n) is 4.45. The Morgan fingerprint density at radius 2 is 1.92 bits per heavy atom. The first kappa shape index (κ1) is 17.0. The summed E-state index contributed by atoms with van der Waals surface area (Å²) in [7, 11) is 3.29. The van der Waals surface area contributed by atoms with Gasteiger partial charge in [-0.15, -0.1) is 0 Å². The molecule has 2 heterocycles. The van der Waals surface area contributed by atoms with Gasteiger partial charge >= 0.3 is 0 Å². The van der Waals surface area contributed by atoms with Crippen LogP contribution in [0.4, 0.5) is 0 Å². The minimum Gasteiger partial charge on any atom is -0.496 e. The van der Waals surface area contributed by atoms with Crippen molar-refractivity contribution < 1.29 is 14.6 Å². The third kappa shape index (κ3) is 2.74. The minimum absolute atomic E-state index is 0.0479. The van der Waals surface area contributed by atoms with Crippen LogP contribution >= 0.6 is 11.8 Å². The van der Waals surface area contributed by atoms with Gasteiger partial charge in [0.15, 0.2) is 5.72 Å². The van der Waals surface area contributed by atoms with E-state index in [0.29, 0.717) is 5.75 Å². The van der Waals surface area contributed by atoms with E-state index in [1.54, 1.807) is 14.2 Å². The van der Waals surface area contributed by atoms with Crippen LogP contribution in [-0.2, 0) is 0 Å². The van der Waals surface area contributed by atoms with Gasteiger partial charge in [0, 0.05) is 28.7 Å². The maximum absolute atomic E-state index is 10.6. The largest absolute Gasteiger partial charge is 0.496 e. The highest BCUT2D eigenvalue weighted by molar-refractivity contribution is 8.14. The fourth-order valence-electron chi connectivity index (χ4n) is 2.72. The van der Waals surface area contributed by atoms with E-state index in [-0.39, 0.29) is 5.92 Å². The molecular formula is C18H22N2O3S. The van der Waals surface area contributed by atoms with Gasteiger partial charge in [0.05, 0.1) is 25.4 Å². The maximum atomic E-state index is 10.6. The molecule has 128 valence electrons. The summed E-state index contributed by atoms with van der Waals surface area (Å²) < 4.78 is 10.9. The van der Waals surface area contributed by atoms with Crippen LogP contribution in [0, 0.1) is 12.8 Å². The third-order valence-corrected chi connectivity index (χ3v) is 5.59. The number of rotatable bonds is 4. The van der Waals surface area contributed by atoms with Crippen molar-refractivity contribution in [3.8, 4) is 11.5 Å². The number of aliphatic hydroxyl groups is 1. The van der Waals surface area contributed by atoms with Gasteiger partial charge in [-0.25, -0.2) is 9.98 Å². The molecule has 0 aliphatic carbocycles. The molecule has 1 aliphatic rings. The van der Waals surface area contributed by atoms with Crippen LogP contribution in [0.15, 0.2) is 23.2 Å². The van der Waals surface area contributed by atoms with Crippen LogP contribution < -0.4 is 9.47 Å². The van der Waals surface area contributed by atoms with E-state index < -0.39 is 5.72 Å². The van der Waals surface area contributed by atoms with E-state index in [2.05, 4.69) is 4.99 Å². The van der Waals surface area contributed by atoms with Crippen molar-refractivity contribution in [3.63, 3.8) is 0 Å². The van der Waals surface area contributed by atoms with Gasteiger partial charge in [-0.3, -0.25) is 0 Å². The number of aliphatic imine (C=N–C) groups is 1. The number of ether oxygens (including phenoxy) is 2. The molecule has 0 amide bonds. The monoisotopic (exact) mass is 346 g/mol. The highest BCUT2D eigenvalue weighted by Crippen LogP contribution is 2.37. The summed E-state index contributed by atoms with van der Waals surface area (Å²) in [6.45, 7) is 5.91. The van der Waals surface area contributed by atoms with E-state index in [0.717, 1.165) is 38.7 Å². The lowest BCUT2D eigenvalue weighted by Gasteiger charge is -2.22. The lowest BCUT2D eigenvalue weighted by molar-refractivity contribution is 0.0303. The van der Waals surface area contributed by atoms with E-state index >= 15 is 0 Å². The fraction of sp³-hybridized carbons (Fsp3) is 0.444. The standard InChI is InChI=1S/C18H22N2O3S/c1-10(2)18(21)9-24-17(20-18)13-8-15(23-5)12-6-7-14(22-4)11(3)16(12)19-13/h6-8,10,21H,9H2,1-5H3. The predicted octanol–water partition coefficient (Wildman–Crippen LogP) is 3.40. The summed E-state index contributed by atoms with van der Waals surface area (Å²) in [5.74, 6) is 2.11. The molecule has 0 saturated heterocycles. The second-order valence-electron chi connectivity index (χ2n) is 6.24. The van der Waals surface area contributed by atoms with E-state index in [1.165, 1.54) is 11.8 Å². The molecule has 3 rings (SSSR count). The molecule has 1 unspecified atom stereocenters. The van der Waals surface area contributed by atoms with E-state index in [9.17, 15) is 5.11 Å². The number of aryl methyl sites for hydroxylation is 1. The number of benzene rings is 1. The number of methoxy groups -OCH3 is 2. The van der Waals surface area contributed by atoms with Crippen LogP contribution in [0.5, 0.6) is 11.5 Å². The topological polar surface area (TPSA) is 63.9 Å². The molecule has 0 saturated carbocycles. The van der Waals surface area contributed by atoms with Gasteiger partial charge in [-0.2, -0.15) is 0 Å². The first-order valence-electron chi connectivity index (χ1n) is 7.87. The molecule has 0 spiro atoms. The lowest BCUT2D eigenvalue weighted by atomic mass is 10.0. The zero-order valence-electron chi connectivity index (χ0n) is 14.6. The second-order valence-corrected chi connectivity index (χ2v) is 7.20. The summed E-state index contributed by atoms with van der Waals surface area (Å²) in [5, 5.41) is 12.3. The van der Waals surface area contributed by atoms with Gasteiger partial charge in [0.1, 0.15) is 16.5 Å². The van der Waals surface area contributed by atoms with Gasteiger partial charge in [0.25, 0.3) is 0 Å². The lowest BCUT2D eigenvalue weighted by Crippen LogP contribution is -2.32. The molecule has 1 aromatic heterocycles. The average molecular weight is 346 g/mol. The molecule has 24 heavy (non-hydrogen) atoms. The molecule has 5 nitrogen and oxygen atoms in total. The number of hydrogen-bond acceptors (Lipinski definition) is 6. The Bertz CT molecular complexity index is 820. The van der Waals surface area contributed by atoms with Crippen molar-refractivity contribution in [2.24, 2.45) is 10.9 Å². The van der Waals surface area contributed by atoms with Gasteiger partial charge in [-0.05, 0) is 19.1 Å². The Morgan fingerprint density at radius 3 is 2.50 bits per heavy atom. The number of hydrogen-bond donors (Lipinski definition) is 1. The Morgan fingerprint density at radius 1 is 1.21 bits per heavy atom. The fourth-order valence-corrected chi connectivity index (χ4v) is 3.94. The number of thioether (sulfide) groups is 1. The van der Waals surface area contributed by atoms with Crippen LogP contribution in [0.2, 0.25) is 0 Å². The SMILES string of the molecule is COc1ccc2c(OC)cc(C3=NC(O)(C(C)C)CS3)nc2c1C. The highest BCUT2D eigenvalue weighted by atomic mass is 32.2. The number of fused-ring (bicyclic) bond motifs is 1. The van der Waals surface area contributed by atoms with Gasteiger partial charge < -0.3 is 14.6 Å². The Labute approximate surface area is 146 Å². The zero-order valence-corrected chi connectivity index (χ0v) is 15.4. The van der Waals surface area contributed by atoms with Crippen molar-refractivity contribution in [2.45, 2.75) is 26.5 Å². The van der Waals surface area contributed by atoms with Crippen LogP contribution in [0.1, 0.15) is 25.1 Å². The smallest absolute Gasteiger partial charge is 0.169 e.